The first kappa shape index (κ1) is 15.7. The topological polar surface area (TPSA) is 35.0 Å². The maximum atomic E-state index is 14.2. The van der Waals surface area contributed by atoms with Crippen molar-refractivity contribution in [3.8, 4) is 28.0 Å². The lowest BCUT2D eigenvalue weighted by atomic mass is 9.98. The Balaban J connectivity index is 2.26. The standard InChI is InChI=1S/C17H11Cl2FN2O/c1-23-17-14(10-3-2-4-12(18)5-10)7-13(20)8-15(17)11-6-16(19)22-21-9-11/h2-9H,1H3. The predicted molar refractivity (Wildman–Crippen MR) is 89.4 cm³/mol. The molecule has 0 N–H and O–H groups in total. The molecule has 0 aliphatic carbocycles. The second-order valence-corrected chi connectivity index (χ2v) is 5.64. The van der Waals surface area contributed by atoms with E-state index in [1.54, 1.807) is 24.3 Å². The molecule has 0 aliphatic rings. The van der Waals surface area contributed by atoms with Crippen LogP contribution in [-0.4, -0.2) is 17.3 Å². The molecule has 1 aromatic heterocycles. The zero-order chi connectivity index (χ0) is 16.4. The van der Waals surface area contributed by atoms with E-state index in [0.29, 0.717) is 27.5 Å². The van der Waals surface area contributed by atoms with Crippen molar-refractivity contribution < 1.29 is 9.13 Å². The fraction of sp³-hybridized carbons (Fsp3) is 0.0588. The van der Waals surface area contributed by atoms with Crippen LogP contribution in [0.15, 0.2) is 48.7 Å². The third kappa shape index (κ3) is 3.28. The fourth-order valence-corrected chi connectivity index (χ4v) is 2.74. The molecule has 0 bridgehead atoms. The van der Waals surface area contributed by atoms with Crippen molar-refractivity contribution in [1.82, 2.24) is 10.2 Å². The quantitative estimate of drug-likeness (QED) is 0.647. The zero-order valence-corrected chi connectivity index (χ0v) is 13.6. The molecule has 0 radical (unpaired) electrons. The molecule has 0 spiro atoms. The van der Waals surface area contributed by atoms with Crippen LogP contribution in [0.25, 0.3) is 22.3 Å². The first-order valence-electron chi connectivity index (χ1n) is 6.70. The fourth-order valence-electron chi connectivity index (χ4n) is 2.39. The lowest BCUT2D eigenvalue weighted by Gasteiger charge is -2.14. The largest absolute Gasteiger partial charge is 0.495 e. The van der Waals surface area contributed by atoms with Gasteiger partial charge in [0.05, 0.1) is 13.3 Å². The van der Waals surface area contributed by atoms with Crippen molar-refractivity contribution in [2.75, 3.05) is 7.11 Å². The van der Waals surface area contributed by atoms with E-state index in [0.717, 1.165) is 5.56 Å². The molecule has 0 atom stereocenters. The highest BCUT2D eigenvalue weighted by Gasteiger charge is 2.16. The molecule has 0 unspecified atom stereocenters. The van der Waals surface area contributed by atoms with E-state index in [2.05, 4.69) is 10.2 Å². The minimum Gasteiger partial charge on any atom is -0.495 e. The van der Waals surface area contributed by atoms with Gasteiger partial charge in [-0.1, -0.05) is 35.3 Å². The van der Waals surface area contributed by atoms with Gasteiger partial charge in [0.15, 0.2) is 5.15 Å². The smallest absolute Gasteiger partial charge is 0.152 e. The molecule has 0 fully saturated rings. The van der Waals surface area contributed by atoms with Crippen molar-refractivity contribution in [3.63, 3.8) is 0 Å². The van der Waals surface area contributed by atoms with Gasteiger partial charge in [-0.25, -0.2) is 4.39 Å². The Morgan fingerprint density at radius 3 is 2.39 bits per heavy atom. The summed E-state index contributed by atoms with van der Waals surface area (Å²) in [6, 6.07) is 11.5. The van der Waals surface area contributed by atoms with Gasteiger partial charge in [-0.05, 0) is 35.9 Å². The Labute approximate surface area is 142 Å². The summed E-state index contributed by atoms with van der Waals surface area (Å²) in [6.45, 7) is 0. The van der Waals surface area contributed by atoms with Crippen LogP contribution in [0, 0.1) is 5.82 Å². The van der Waals surface area contributed by atoms with E-state index in [4.69, 9.17) is 27.9 Å². The summed E-state index contributed by atoms with van der Waals surface area (Å²) in [5.41, 5.74) is 2.50. The molecule has 23 heavy (non-hydrogen) atoms. The highest BCUT2D eigenvalue weighted by molar-refractivity contribution is 6.31. The molecular weight excluding hydrogens is 338 g/mol. The number of aromatic nitrogens is 2. The van der Waals surface area contributed by atoms with Crippen LogP contribution >= 0.6 is 23.2 Å². The molecule has 116 valence electrons. The number of ether oxygens (including phenoxy) is 1. The summed E-state index contributed by atoms with van der Waals surface area (Å²) >= 11 is 11.9. The Bertz CT molecular complexity index is 804. The van der Waals surface area contributed by atoms with Crippen LogP contribution in [0.2, 0.25) is 10.2 Å². The number of benzene rings is 2. The number of nitrogens with zero attached hydrogens (tertiary/aromatic N) is 2. The van der Waals surface area contributed by atoms with Crippen molar-refractivity contribution >= 4 is 23.2 Å². The summed E-state index contributed by atoms with van der Waals surface area (Å²) in [5.74, 6) is 0.112. The van der Waals surface area contributed by atoms with Crippen molar-refractivity contribution in [2.24, 2.45) is 0 Å². The molecule has 0 saturated carbocycles. The number of rotatable bonds is 3. The molecule has 2 aromatic carbocycles. The Morgan fingerprint density at radius 2 is 1.74 bits per heavy atom. The second kappa shape index (κ2) is 6.52. The lowest BCUT2D eigenvalue weighted by molar-refractivity contribution is 0.417. The minimum atomic E-state index is -0.399. The van der Waals surface area contributed by atoms with Gasteiger partial charge in [0, 0.05) is 21.7 Å². The summed E-state index contributed by atoms with van der Waals surface area (Å²) in [5, 5.41) is 8.28. The van der Waals surface area contributed by atoms with E-state index < -0.39 is 5.82 Å². The van der Waals surface area contributed by atoms with E-state index in [1.165, 1.54) is 25.4 Å². The molecule has 0 saturated heterocycles. The Kier molecular flexibility index (Phi) is 4.46. The van der Waals surface area contributed by atoms with Gasteiger partial charge in [-0.3, -0.25) is 0 Å². The summed E-state index contributed by atoms with van der Waals surface area (Å²) in [7, 11) is 1.53. The van der Waals surface area contributed by atoms with E-state index in [1.807, 2.05) is 6.07 Å². The highest BCUT2D eigenvalue weighted by atomic mass is 35.5. The molecule has 1 heterocycles. The molecule has 3 aromatic rings. The van der Waals surface area contributed by atoms with Crippen LogP contribution in [0.1, 0.15) is 0 Å². The van der Waals surface area contributed by atoms with Gasteiger partial charge in [-0.2, -0.15) is 5.10 Å². The van der Waals surface area contributed by atoms with Crippen LogP contribution in [0.3, 0.4) is 0 Å². The summed E-state index contributed by atoms with van der Waals surface area (Å²) in [4.78, 5) is 0. The normalized spacial score (nSPS) is 10.6. The van der Waals surface area contributed by atoms with Gasteiger partial charge < -0.3 is 4.74 Å². The third-order valence-electron chi connectivity index (χ3n) is 3.33. The van der Waals surface area contributed by atoms with Crippen molar-refractivity contribution in [3.05, 3.63) is 64.7 Å². The maximum Gasteiger partial charge on any atom is 0.152 e. The van der Waals surface area contributed by atoms with Crippen LogP contribution < -0.4 is 4.74 Å². The molecule has 3 rings (SSSR count). The summed E-state index contributed by atoms with van der Waals surface area (Å²) in [6.07, 6.45) is 1.50. The van der Waals surface area contributed by atoms with Gasteiger partial charge in [0.1, 0.15) is 11.6 Å². The first-order chi connectivity index (χ1) is 11.1. The third-order valence-corrected chi connectivity index (χ3v) is 3.75. The SMILES string of the molecule is COc1c(-c2cccc(Cl)c2)cc(F)cc1-c1cnnc(Cl)c1. The Hall–Kier alpha value is -2.17. The van der Waals surface area contributed by atoms with Gasteiger partial charge >= 0.3 is 0 Å². The maximum absolute atomic E-state index is 14.2. The highest BCUT2D eigenvalue weighted by Crippen LogP contribution is 2.40. The number of hydrogen-bond donors (Lipinski definition) is 0. The second-order valence-electron chi connectivity index (χ2n) is 4.81. The van der Waals surface area contributed by atoms with Crippen LogP contribution in [-0.2, 0) is 0 Å². The molecule has 0 amide bonds. The molecule has 0 aliphatic heterocycles. The van der Waals surface area contributed by atoms with Gasteiger partial charge in [-0.15, -0.1) is 5.10 Å². The number of halogens is 3. The van der Waals surface area contributed by atoms with Crippen LogP contribution in [0.4, 0.5) is 4.39 Å². The average Bonchev–Trinajstić information content (AvgIpc) is 2.54. The predicted octanol–water partition coefficient (Wildman–Crippen LogP) is 5.27. The molecule has 3 nitrogen and oxygen atoms in total. The van der Waals surface area contributed by atoms with Crippen molar-refractivity contribution in [2.45, 2.75) is 0 Å². The van der Waals surface area contributed by atoms with E-state index >= 15 is 0 Å². The first-order valence-corrected chi connectivity index (χ1v) is 7.46. The molecule has 6 heteroatoms. The Morgan fingerprint density at radius 1 is 1.00 bits per heavy atom. The van der Waals surface area contributed by atoms with Gasteiger partial charge in [0.25, 0.3) is 0 Å². The van der Waals surface area contributed by atoms with E-state index in [-0.39, 0.29) is 5.15 Å². The number of hydrogen-bond acceptors (Lipinski definition) is 3. The van der Waals surface area contributed by atoms with Crippen molar-refractivity contribution in [1.29, 1.82) is 0 Å². The van der Waals surface area contributed by atoms with E-state index in [9.17, 15) is 4.39 Å². The summed E-state index contributed by atoms with van der Waals surface area (Å²) < 4.78 is 19.7. The monoisotopic (exact) mass is 348 g/mol. The average molecular weight is 349 g/mol. The lowest BCUT2D eigenvalue weighted by Crippen LogP contribution is -1.95. The van der Waals surface area contributed by atoms with Gasteiger partial charge in [0.2, 0.25) is 0 Å². The minimum absolute atomic E-state index is 0.220. The number of methoxy groups -OCH3 is 1. The zero-order valence-electron chi connectivity index (χ0n) is 12.1. The molecular formula is C17H11Cl2FN2O. The van der Waals surface area contributed by atoms with Crippen LogP contribution in [0.5, 0.6) is 5.75 Å².